The van der Waals surface area contributed by atoms with Crippen LogP contribution in [0.5, 0.6) is 0 Å². The minimum absolute atomic E-state index is 0.0173. The summed E-state index contributed by atoms with van der Waals surface area (Å²) in [6, 6.07) is 10.1. The van der Waals surface area contributed by atoms with Gasteiger partial charge in [0.2, 0.25) is 5.91 Å². The maximum atomic E-state index is 12.2. The Morgan fingerprint density at radius 3 is 2.60 bits per heavy atom. The molecule has 0 atom stereocenters. The third-order valence-electron chi connectivity index (χ3n) is 3.24. The van der Waals surface area contributed by atoms with Gasteiger partial charge in [0.05, 0.1) is 13.7 Å². The highest BCUT2D eigenvalue weighted by molar-refractivity contribution is 5.83. The molecule has 0 radical (unpaired) electrons. The summed E-state index contributed by atoms with van der Waals surface area (Å²) in [5, 5.41) is 3.17. The minimum Gasteiger partial charge on any atom is -0.468 e. The van der Waals surface area contributed by atoms with Gasteiger partial charge in [-0.05, 0) is 18.4 Å². The third-order valence-corrected chi connectivity index (χ3v) is 3.24. The highest BCUT2D eigenvalue weighted by Crippen LogP contribution is 2.18. The van der Waals surface area contributed by atoms with E-state index in [1.807, 2.05) is 30.3 Å². The van der Waals surface area contributed by atoms with Gasteiger partial charge in [-0.2, -0.15) is 0 Å². The number of nitrogens with zero attached hydrogens (tertiary/aromatic N) is 1. The van der Waals surface area contributed by atoms with Crippen molar-refractivity contribution in [3.8, 4) is 0 Å². The van der Waals surface area contributed by atoms with Crippen LogP contribution in [0.15, 0.2) is 30.3 Å². The van der Waals surface area contributed by atoms with Gasteiger partial charge in [0.25, 0.3) is 0 Å². The fourth-order valence-corrected chi connectivity index (χ4v) is 1.89. The summed E-state index contributed by atoms with van der Waals surface area (Å²) in [5.74, 6) is -0.480. The molecular formula is C15H20N2O3. The molecule has 1 aliphatic rings. The lowest BCUT2D eigenvalue weighted by atomic mass is 10.2. The van der Waals surface area contributed by atoms with Crippen molar-refractivity contribution >= 4 is 11.9 Å². The van der Waals surface area contributed by atoms with Crippen LogP contribution >= 0.6 is 0 Å². The Bertz CT molecular complexity index is 457. The number of nitrogens with one attached hydrogen (secondary N) is 1. The van der Waals surface area contributed by atoms with Gasteiger partial charge in [-0.1, -0.05) is 30.3 Å². The minimum atomic E-state index is -0.402. The van der Waals surface area contributed by atoms with Gasteiger partial charge < -0.3 is 15.0 Å². The van der Waals surface area contributed by atoms with Gasteiger partial charge in [-0.15, -0.1) is 0 Å². The molecule has 1 N–H and O–H groups in total. The Morgan fingerprint density at radius 1 is 1.30 bits per heavy atom. The van der Waals surface area contributed by atoms with Crippen molar-refractivity contribution in [1.82, 2.24) is 10.2 Å². The second-order valence-electron chi connectivity index (χ2n) is 4.97. The summed E-state index contributed by atoms with van der Waals surface area (Å²) in [6.07, 6.45) is 2.26. The van der Waals surface area contributed by atoms with E-state index in [4.69, 9.17) is 0 Å². The lowest BCUT2D eigenvalue weighted by Gasteiger charge is -2.21. The molecule has 20 heavy (non-hydrogen) atoms. The molecule has 1 amide bonds. The van der Waals surface area contributed by atoms with Crippen molar-refractivity contribution in [3.05, 3.63) is 35.9 Å². The monoisotopic (exact) mass is 276 g/mol. The highest BCUT2D eigenvalue weighted by Gasteiger charge is 2.24. The first-order valence-corrected chi connectivity index (χ1v) is 6.81. The fraction of sp³-hybridized carbons (Fsp3) is 0.467. The van der Waals surface area contributed by atoms with Crippen molar-refractivity contribution in [2.24, 2.45) is 0 Å². The van der Waals surface area contributed by atoms with Crippen LogP contribution in [0.1, 0.15) is 18.4 Å². The number of hydrogen-bond acceptors (Lipinski definition) is 4. The summed E-state index contributed by atoms with van der Waals surface area (Å²) in [6.45, 7) is 0.673. The van der Waals surface area contributed by atoms with Crippen molar-refractivity contribution in [2.45, 2.75) is 25.4 Å². The van der Waals surface area contributed by atoms with E-state index >= 15 is 0 Å². The first-order valence-electron chi connectivity index (χ1n) is 6.81. The third kappa shape index (κ3) is 4.66. The van der Waals surface area contributed by atoms with E-state index in [-0.39, 0.29) is 19.0 Å². The van der Waals surface area contributed by atoms with Crippen LogP contribution < -0.4 is 5.32 Å². The Kier molecular flexibility index (Phi) is 5.12. The molecule has 0 spiro atoms. The normalized spacial score (nSPS) is 13.8. The summed E-state index contributed by atoms with van der Waals surface area (Å²) in [7, 11) is 1.33. The number of rotatable bonds is 7. The van der Waals surface area contributed by atoms with Gasteiger partial charge in [-0.3, -0.25) is 9.59 Å². The molecule has 1 aliphatic carbocycles. The standard InChI is InChI=1S/C15H20N2O3/c1-20-15(19)11-17(10-12-5-3-2-4-6-12)14(18)9-16-13-7-8-13/h2-6,13,16H,7-11H2,1H3. The maximum Gasteiger partial charge on any atom is 0.325 e. The van der Waals surface area contributed by atoms with Crippen molar-refractivity contribution in [1.29, 1.82) is 0 Å². The molecule has 1 saturated carbocycles. The van der Waals surface area contributed by atoms with Crippen LogP contribution in [-0.2, 0) is 20.9 Å². The molecule has 1 aromatic carbocycles. The number of methoxy groups -OCH3 is 1. The van der Waals surface area contributed by atoms with Crippen LogP contribution in [0.25, 0.3) is 0 Å². The van der Waals surface area contributed by atoms with E-state index in [9.17, 15) is 9.59 Å². The second kappa shape index (κ2) is 7.05. The van der Waals surface area contributed by atoms with Gasteiger partial charge in [-0.25, -0.2) is 0 Å². The number of hydrogen-bond donors (Lipinski definition) is 1. The zero-order valence-electron chi connectivity index (χ0n) is 11.7. The molecule has 5 heteroatoms. The first-order chi connectivity index (χ1) is 9.69. The first kappa shape index (κ1) is 14.5. The number of benzene rings is 1. The predicted octanol–water partition coefficient (Wildman–Crippen LogP) is 0.940. The lowest BCUT2D eigenvalue weighted by Crippen LogP contribution is -2.41. The zero-order chi connectivity index (χ0) is 14.4. The van der Waals surface area contributed by atoms with Gasteiger partial charge in [0.1, 0.15) is 6.54 Å². The van der Waals surface area contributed by atoms with Crippen LogP contribution in [0.2, 0.25) is 0 Å². The number of carbonyl (C=O) groups is 2. The molecule has 0 bridgehead atoms. The van der Waals surface area contributed by atoms with E-state index in [1.165, 1.54) is 12.0 Å². The van der Waals surface area contributed by atoms with Crippen molar-refractivity contribution < 1.29 is 14.3 Å². The molecule has 0 aliphatic heterocycles. The lowest BCUT2D eigenvalue weighted by molar-refractivity contribution is -0.147. The quantitative estimate of drug-likeness (QED) is 0.753. The molecule has 0 aromatic heterocycles. The molecule has 0 unspecified atom stereocenters. The van der Waals surface area contributed by atoms with Crippen LogP contribution in [0.4, 0.5) is 0 Å². The number of carbonyl (C=O) groups excluding carboxylic acids is 2. The van der Waals surface area contributed by atoms with E-state index < -0.39 is 5.97 Å². The van der Waals surface area contributed by atoms with Gasteiger partial charge in [0, 0.05) is 12.6 Å². The topological polar surface area (TPSA) is 58.6 Å². The average Bonchev–Trinajstić information content (AvgIpc) is 3.29. The Morgan fingerprint density at radius 2 is 2.00 bits per heavy atom. The Hall–Kier alpha value is -1.88. The summed E-state index contributed by atoms with van der Waals surface area (Å²) >= 11 is 0. The summed E-state index contributed by atoms with van der Waals surface area (Å²) < 4.78 is 4.65. The summed E-state index contributed by atoms with van der Waals surface area (Å²) in [4.78, 5) is 25.1. The number of amides is 1. The molecule has 0 saturated heterocycles. The van der Waals surface area contributed by atoms with Gasteiger partial charge >= 0.3 is 5.97 Å². The van der Waals surface area contributed by atoms with Crippen LogP contribution in [-0.4, -0.2) is 43.0 Å². The smallest absolute Gasteiger partial charge is 0.325 e. The van der Waals surface area contributed by atoms with E-state index in [0.717, 1.165) is 18.4 Å². The zero-order valence-corrected chi connectivity index (χ0v) is 11.7. The molecule has 1 fully saturated rings. The largest absolute Gasteiger partial charge is 0.468 e. The second-order valence-corrected chi connectivity index (χ2v) is 4.97. The molecule has 108 valence electrons. The van der Waals surface area contributed by atoms with Crippen molar-refractivity contribution in [3.63, 3.8) is 0 Å². The van der Waals surface area contributed by atoms with Crippen LogP contribution in [0.3, 0.4) is 0 Å². The van der Waals surface area contributed by atoms with E-state index in [1.54, 1.807) is 0 Å². The highest BCUT2D eigenvalue weighted by atomic mass is 16.5. The molecular weight excluding hydrogens is 256 g/mol. The molecule has 5 nitrogen and oxygen atoms in total. The number of esters is 1. The molecule has 2 rings (SSSR count). The Balaban J connectivity index is 1.94. The molecule has 1 aromatic rings. The number of ether oxygens (including phenoxy) is 1. The average molecular weight is 276 g/mol. The summed E-state index contributed by atoms with van der Waals surface area (Å²) in [5.41, 5.74) is 0.996. The van der Waals surface area contributed by atoms with Crippen LogP contribution in [0, 0.1) is 0 Å². The maximum absolute atomic E-state index is 12.2. The predicted molar refractivity (Wildman–Crippen MR) is 74.9 cm³/mol. The SMILES string of the molecule is COC(=O)CN(Cc1ccccc1)C(=O)CNC1CC1. The molecule has 0 heterocycles. The fourth-order valence-electron chi connectivity index (χ4n) is 1.89. The Labute approximate surface area is 118 Å². The van der Waals surface area contributed by atoms with Crippen molar-refractivity contribution in [2.75, 3.05) is 20.2 Å². The van der Waals surface area contributed by atoms with Gasteiger partial charge in [0.15, 0.2) is 0 Å². The van der Waals surface area contributed by atoms with E-state index in [0.29, 0.717) is 12.6 Å². The van der Waals surface area contributed by atoms with E-state index in [2.05, 4.69) is 10.1 Å².